The molecular formula is C12H11NO4. The Morgan fingerprint density at radius 1 is 1.41 bits per heavy atom. The maximum atomic E-state index is 10.6. The van der Waals surface area contributed by atoms with E-state index in [2.05, 4.69) is 4.98 Å². The van der Waals surface area contributed by atoms with Crippen LogP contribution in [0.1, 0.15) is 33.7 Å². The third kappa shape index (κ3) is 2.34. The number of furan rings is 1. The standard InChI is InChI=1S/C12H11NO4/c1-7-6-8(4-5-13-7)11(14)9-2-3-10(17-9)12(15)16/h2-6,11,14H,1H3,(H,15,16). The fraction of sp³-hybridized carbons (Fsp3) is 0.167. The van der Waals surface area contributed by atoms with E-state index < -0.39 is 12.1 Å². The van der Waals surface area contributed by atoms with Crippen molar-refractivity contribution in [3.8, 4) is 0 Å². The third-order valence-corrected chi connectivity index (χ3v) is 2.34. The zero-order valence-corrected chi connectivity index (χ0v) is 9.12. The molecule has 2 heterocycles. The highest BCUT2D eigenvalue weighted by Crippen LogP contribution is 2.23. The van der Waals surface area contributed by atoms with Gasteiger partial charge in [0, 0.05) is 11.9 Å². The van der Waals surface area contributed by atoms with Gasteiger partial charge in [-0.3, -0.25) is 4.98 Å². The molecule has 0 spiro atoms. The summed E-state index contributed by atoms with van der Waals surface area (Å²) < 4.78 is 5.03. The Balaban J connectivity index is 2.30. The first-order chi connectivity index (χ1) is 8.08. The van der Waals surface area contributed by atoms with E-state index in [1.807, 2.05) is 0 Å². The van der Waals surface area contributed by atoms with Crippen molar-refractivity contribution in [1.82, 2.24) is 4.98 Å². The van der Waals surface area contributed by atoms with E-state index in [0.717, 1.165) is 5.69 Å². The van der Waals surface area contributed by atoms with Crippen molar-refractivity contribution >= 4 is 5.97 Å². The molecule has 0 aliphatic carbocycles. The van der Waals surface area contributed by atoms with Crippen LogP contribution in [0.25, 0.3) is 0 Å². The number of carbonyl (C=O) groups is 1. The van der Waals surface area contributed by atoms with Gasteiger partial charge in [-0.25, -0.2) is 4.79 Å². The van der Waals surface area contributed by atoms with E-state index in [9.17, 15) is 9.90 Å². The molecule has 2 rings (SSSR count). The SMILES string of the molecule is Cc1cc(C(O)c2ccc(C(=O)O)o2)ccn1. The Morgan fingerprint density at radius 3 is 2.76 bits per heavy atom. The second-order valence-electron chi connectivity index (χ2n) is 3.64. The Kier molecular flexibility index (Phi) is 2.93. The van der Waals surface area contributed by atoms with Crippen molar-refractivity contribution in [2.45, 2.75) is 13.0 Å². The van der Waals surface area contributed by atoms with Crippen LogP contribution in [0.5, 0.6) is 0 Å². The molecule has 0 radical (unpaired) electrons. The largest absolute Gasteiger partial charge is 0.475 e. The van der Waals surface area contributed by atoms with E-state index in [0.29, 0.717) is 5.56 Å². The Labute approximate surface area is 97.3 Å². The third-order valence-electron chi connectivity index (χ3n) is 2.34. The molecule has 17 heavy (non-hydrogen) atoms. The Bertz CT molecular complexity index is 547. The van der Waals surface area contributed by atoms with Gasteiger partial charge in [0.2, 0.25) is 5.76 Å². The number of pyridine rings is 1. The number of hydrogen-bond acceptors (Lipinski definition) is 4. The number of carboxylic acids is 1. The number of carboxylic acid groups (broad SMARTS) is 1. The zero-order chi connectivity index (χ0) is 12.4. The van der Waals surface area contributed by atoms with Gasteiger partial charge >= 0.3 is 5.97 Å². The van der Waals surface area contributed by atoms with Gasteiger partial charge in [0.05, 0.1) is 0 Å². The summed E-state index contributed by atoms with van der Waals surface area (Å²) in [6.07, 6.45) is 0.597. The predicted octanol–water partition coefficient (Wildman–Crippen LogP) is 1.76. The van der Waals surface area contributed by atoms with Crippen molar-refractivity contribution in [1.29, 1.82) is 0 Å². The second kappa shape index (κ2) is 4.39. The zero-order valence-electron chi connectivity index (χ0n) is 9.12. The van der Waals surface area contributed by atoms with Crippen molar-refractivity contribution in [3.05, 3.63) is 53.2 Å². The molecule has 5 nitrogen and oxygen atoms in total. The molecule has 2 aromatic heterocycles. The van der Waals surface area contributed by atoms with Gasteiger partial charge in [0.25, 0.3) is 0 Å². The first-order valence-corrected chi connectivity index (χ1v) is 5.01. The lowest BCUT2D eigenvalue weighted by molar-refractivity contribution is 0.0655. The summed E-state index contributed by atoms with van der Waals surface area (Å²) in [6.45, 7) is 1.81. The number of hydrogen-bond donors (Lipinski definition) is 2. The summed E-state index contributed by atoms with van der Waals surface area (Å²) in [7, 11) is 0. The van der Waals surface area contributed by atoms with E-state index in [-0.39, 0.29) is 11.5 Å². The number of aromatic carboxylic acids is 1. The highest BCUT2D eigenvalue weighted by molar-refractivity contribution is 5.84. The van der Waals surface area contributed by atoms with E-state index in [4.69, 9.17) is 9.52 Å². The van der Waals surface area contributed by atoms with Crippen molar-refractivity contribution in [3.63, 3.8) is 0 Å². The maximum Gasteiger partial charge on any atom is 0.371 e. The van der Waals surface area contributed by atoms with Crippen LogP contribution in [0.2, 0.25) is 0 Å². The predicted molar refractivity (Wildman–Crippen MR) is 58.7 cm³/mol. The summed E-state index contributed by atoms with van der Waals surface area (Å²) in [4.78, 5) is 14.7. The number of aromatic nitrogens is 1. The summed E-state index contributed by atoms with van der Waals surface area (Å²) in [6, 6.07) is 6.13. The number of aliphatic hydroxyl groups excluding tert-OH is 1. The highest BCUT2D eigenvalue weighted by Gasteiger charge is 2.17. The Hall–Kier alpha value is -2.14. The molecule has 0 bridgehead atoms. The summed E-state index contributed by atoms with van der Waals surface area (Å²) in [5.41, 5.74) is 1.38. The molecule has 0 saturated heterocycles. The van der Waals surface area contributed by atoms with Crippen LogP contribution in [-0.2, 0) is 0 Å². The molecule has 5 heteroatoms. The summed E-state index contributed by atoms with van der Waals surface area (Å²) in [5.74, 6) is -1.15. The topological polar surface area (TPSA) is 83.6 Å². The highest BCUT2D eigenvalue weighted by atomic mass is 16.4. The second-order valence-corrected chi connectivity index (χ2v) is 3.64. The van der Waals surface area contributed by atoms with Gasteiger partial charge < -0.3 is 14.6 Å². The quantitative estimate of drug-likeness (QED) is 0.843. The van der Waals surface area contributed by atoms with Gasteiger partial charge in [0.15, 0.2) is 0 Å². The lowest BCUT2D eigenvalue weighted by Gasteiger charge is -2.08. The lowest BCUT2D eigenvalue weighted by Crippen LogP contribution is -1.99. The number of aliphatic hydroxyl groups is 1. The van der Waals surface area contributed by atoms with Crippen molar-refractivity contribution in [2.75, 3.05) is 0 Å². The van der Waals surface area contributed by atoms with E-state index in [1.54, 1.807) is 25.3 Å². The number of rotatable bonds is 3. The molecule has 0 aliphatic rings. The van der Waals surface area contributed by atoms with Crippen LogP contribution in [0.4, 0.5) is 0 Å². The van der Waals surface area contributed by atoms with Gasteiger partial charge in [-0.15, -0.1) is 0 Å². The van der Waals surface area contributed by atoms with Crippen molar-refractivity contribution in [2.24, 2.45) is 0 Å². The maximum absolute atomic E-state index is 10.6. The first-order valence-electron chi connectivity index (χ1n) is 5.01. The molecule has 1 atom stereocenters. The lowest BCUT2D eigenvalue weighted by atomic mass is 10.1. The van der Waals surface area contributed by atoms with Gasteiger partial charge in [-0.05, 0) is 36.8 Å². The van der Waals surface area contributed by atoms with Crippen LogP contribution < -0.4 is 0 Å². The summed E-state index contributed by atoms with van der Waals surface area (Å²) in [5, 5.41) is 18.7. The van der Waals surface area contributed by atoms with Gasteiger partial charge in [-0.2, -0.15) is 0 Å². The molecule has 2 aromatic rings. The number of aryl methyl sites for hydroxylation is 1. The van der Waals surface area contributed by atoms with Crippen LogP contribution in [-0.4, -0.2) is 21.2 Å². The molecule has 0 aliphatic heterocycles. The first kappa shape index (κ1) is 11.3. The fourth-order valence-corrected chi connectivity index (χ4v) is 1.52. The minimum absolute atomic E-state index is 0.190. The molecule has 0 amide bonds. The van der Waals surface area contributed by atoms with Gasteiger partial charge in [0.1, 0.15) is 11.9 Å². The van der Waals surface area contributed by atoms with Crippen LogP contribution >= 0.6 is 0 Å². The average molecular weight is 233 g/mol. The molecular weight excluding hydrogens is 222 g/mol. The normalized spacial score (nSPS) is 12.4. The summed E-state index contributed by atoms with van der Waals surface area (Å²) >= 11 is 0. The number of nitrogens with zero attached hydrogens (tertiary/aromatic N) is 1. The smallest absolute Gasteiger partial charge is 0.371 e. The van der Waals surface area contributed by atoms with Crippen LogP contribution in [0, 0.1) is 6.92 Å². The van der Waals surface area contributed by atoms with Gasteiger partial charge in [-0.1, -0.05) is 0 Å². The van der Waals surface area contributed by atoms with E-state index >= 15 is 0 Å². The average Bonchev–Trinajstić information content (AvgIpc) is 2.77. The molecule has 2 N–H and O–H groups in total. The molecule has 88 valence electrons. The fourth-order valence-electron chi connectivity index (χ4n) is 1.52. The Morgan fingerprint density at radius 2 is 2.18 bits per heavy atom. The van der Waals surface area contributed by atoms with Crippen LogP contribution in [0.15, 0.2) is 34.9 Å². The van der Waals surface area contributed by atoms with E-state index in [1.165, 1.54) is 12.1 Å². The minimum atomic E-state index is -1.16. The van der Waals surface area contributed by atoms with Crippen LogP contribution in [0.3, 0.4) is 0 Å². The molecule has 0 aromatic carbocycles. The van der Waals surface area contributed by atoms with Crippen molar-refractivity contribution < 1.29 is 19.4 Å². The molecule has 1 unspecified atom stereocenters. The molecule has 0 saturated carbocycles. The molecule has 0 fully saturated rings. The minimum Gasteiger partial charge on any atom is -0.475 e. The monoisotopic (exact) mass is 233 g/mol.